The Labute approximate surface area is 189 Å². The average Bonchev–Trinajstić information content (AvgIpc) is 3.39. The molecule has 0 N–H and O–H groups in total. The van der Waals surface area contributed by atoms with Crippen LogP contribution in [0.4, 0.5) is 5.69 Å². The Hall–Kier alpha value is -3.35. The first-order valence-electron chi connectivity index (χ1n) is 9.63. The molecule has 0 saturated carbocycles. The maximum atomic E-state index is 6.54. The molecular formula is C23H18Cl2N6. The largest absolute Gasteiger partial charge is 0.378 e. The van der Waals surface area contributed by atoms with Gasteiger partial charge < -0.3 is 4.90 Å². The van der Waals surface area contributed by atoms with E-state index in [1.807, 2.05) is 65.7 Å². The van der Waals surface area contributed by atoms with E-state index in [1.54, 1.807) is 18.5 Å². The normalized spacial score (nSPS) is 11.2. The van der Waals surface area contributed by atoms with Gasteiger partial charge in [-0.3, -0.25) is 8.97 Å². The molecule has 6 nitrogen and oxygen atoms in total. The van der Waals surface area contributed by atoms with Crippen LogP contribution < -0.4 is 4.90 Å². The quantitative estimate of drug-likeness (QED) is 0.357. The lowest BCUT2D eigenvalue weighted by atomic mass is 10.1. The Morgan fingerprint density at radius 2 is 1.74 bits per heavy atom. The van der Waals surface area contributed by atoms with Crippen molar-refractivity contribution in [3.05, 3.63) is 83.2 Å². The van der Waals surface area contributed by atoms with E-state index in [4.69, 9.17) is 28.2 Å². The molecule has 2 aromatic carbocycles. The van der Waals surface area contributed by atoms with Gasteiger partial charge in [0.15, 0.2) is 5.82 Å². The maximum absolute atomic E-state index is 6.54. The molecule has 0 amide bonds. The van der Waals surface area contributed by atoms with Crippen LogP contribution in [0.2, 0.25) is 10.0 Å². The van der Waals surface area contributed by atoms with Gasteiger partial charge in [0, 0.05) is 42.3 Å². The number of pyridine rings is 1. The third-order valence-corrected chi connectivity index (χ3v) is 5.68. The number of nitrogens with zero attached hydrogens (tertiary/aromatic N) is 6. The number of hydrogen-bond acceptors (Lipinski definition) is 4. The summed E-state index contributed by atoms with van der Waals surface area (Å²) in [5, 5.41) is 9.79. The van der Waals surface area contributed by atoms with Crippen molar-refractivity contribution in [2.45, 2.75) is 0 Å². The molecule has 3 aromatic heterocycles. The van der Waals surface area contributed by atoms with Crippen molar-refractivity contribution in [3.8, 4) is 28.5 Å². The maximum Gasteiger partial charge on any atom is 0.187 e. The molecule has 0 aliphatic carbocycles. The van der Waals surface area contributed by atoms with Gasteiger partial charge in [0.1, 0.15) is 23.4 Å². The molecule has 3 heterocycles. The summed E-state index contributed by atoms with van der Waals surface area (Å²) >= 11 is 12.8. The van der Waals surface area contributed by atoms with Gasteiger partial charge in [0.25, 0.3) is 0 Å². The molecule has 31 heavy (non-hydrogen) atoms. The highest BCUT2D eigenvalue weighted by molar-refractivity contribution is 6.35. The molecule has 0 radical (unpaired) electrons. The van der Waals surface area contributed by atoms with Crippen LogP contribution in [0.3, 0.4) is 0 Å². The van der Waals surface area contributed by atoms with Crippen LogP contribution in [0.1, 0.15) is 0 Å². The molecule has 5 rings (SSSR count). The Kier molecular flexibility index (Phi) is 4.88. The highest BCUT2D eigenvalue weighted by Crippen LogP contribution is 2.37. The lowest BCUT2D eigenvalue weighted by Gasteiger charge is -2.14. The summed E-state index contributed by atoms with van der Waals surface area (Å²) in [7, 11) is 4.03. The second-order valence-corrected chi connectivity index (χ2v) is 8.14. The number of anilines is 1. The van der Waals surface area contributed by atoms with Crippen molar-refractivity contribution in [1.29, 1.82) is 0 Å². The number of fused-ring (bicyclic) bond motifs is 1. The average molecular weight is 449 g/mol. The summed E-state index contributed by atoms with van der Waals surface area (Å²) in [6, 6.07) is 19.4. The van der Waals surface area contributed by atoms with Gasteiger partial charge in [-0.1, -0.05) is 29.3 Å². The predicted octanol–water partition coefficient (Wildman–Crippen LogP) is 5.62. The van der Waals surface area contributed by atoms with Crippen molar-refractivity contribution in [2.75, 3.05) is 19.0 Å². The summed E-state index contributed by atoms with van der Waals surface area (Å²) in [6.45, 7) is 0. The first-order valence-corrected chi connectivity index (χ1v) is 10.4. The van der Waals surface area contributed by atoms with Crippen LogP contribution in [0.15, 0.2) is 73.2 Å². The van der Waals surface area contributed by atoms with Gasteiger partial charge in [-0.15, -0.1) is 10.2 Å². The zero-order chi connectivity index (χ0) is 21.5. The molecule has 8 heteroatoms. The van der Waals surface area contributed by atoms with E-state index >= 15 is 0 Å². The van der Waals surface area contributed by atoms with Crippen LogP contribution in [0.5, 0.6) is 0 Å². The van der Waals surface area contributed by atoms with E-state index in [0.29, 0.717) is 21.6 Å². The minimum atomic E-state index is 0.565. The monoisotopic (exact) mass is 448 g/mol. The van der Waals surface area contributed by atoms with Gasteiger partial charge in [0.2, 0.25) is 0 Å². The molecule has 0 bridgehead atoms. The Morgan fingerprint density at radius 1 is 0.935 bits per heavy atom. The summed E-state index contributed by atoms with van der Waals surface area (Å²) in [6.07, 6.45) is 3.65. The zero-order valence-corrected chi connectivity index (χ0v) is 18.4. The van der Waals surface area contributed by atoms with Gasteiger partial charge in [0.05, 0.1) is 5.02 Å². The number of halogens is 2. The summed E-state index contributed by atoms with van der Waals surface area (Å²) in [5.41, 5.74) is 5.05. The van der Waals surface area contributed by atoms with E-state index in [1.165, 1.54) is 0 Å². The first-order chi connectivity index (χ1) is 15.0. The van der Waals surface area contributed by atoms with Crippen molar-refractivity contribution in [3.63, 3.8) is 0 Å². The van der Waals surface area contributed by atoms with Crippen LogP contribution in [-0.4, -0.2) is 38.2 Å². The van der Waals surface area contributed by atoms with E-state index in [0.717, 1.165) is 28.3 Å². The van der Waals surface area contributed by atoms with Gasteiger partial charge in [-0.05, 0) is 54.6 Å². The molecule has 0 unspecified atom stereocenters. The highest BCUT2D eigenvalue weighted by atomic mass is 35.5. The number of hydrogen-bond donors (Lipinski definition) is 0. The molecular weight excluding hydrogens is 431 g/mol. The summed E-state index contributed by atoms with van der Waals surface area (Å²) < 4.78 is 3.93. The second kappa shape index (κ2) is 7.72. The standard InChI is InChI=1S/C23H18Cl2N6/c1-29(2)16-7-9-17(10-8-16)31-14-26-28-23(31)22-21(18-13-15(24)6-11-19(18)25)27-20-5-3-4-12-30(20)22/h3-14H,1-2H3. The third-order valence-electron chi connectivity index (χ3n) is 5.12. The first kappa shape index (κ1) is 19.6. The fourth-order valence-electron chi connectivity index (χ4n) is 3.57. The topological polar surface area (TPSA) is 51.2 Å². The van der Waals surface area contributed by atoms with Crippen LogP contribution in [-0.2, 0) is 0 Å². The fraction of sp³-hybridized carbons (Fsp3) is 0.0870. The number of benzene rings is 2. The van der Waals surface area contributed by atoms with Gasteiger partial charge >= 0.3 is 0 Å². The van der Waals surface area contributed by atoms with Gasteiger partial charge in [-0.25, -0.2) is 4.98 Å². The lowest BCUT2D eigenvalue weighted by molar-refractivity contribution is 1.04. The summed E-state index contributed by atoms with van der Waals surface area (Å²) in [5.74, 6) is 0.655. The van der Waals surface area contributed by atoms with E-state index in [9.17, 15) is 0 Å². The number of rotatable bonds is 4. The molecule has 0 saturated heterocycles. The van der Waals surface area contributed by atoms with Crippen molar-refractivity contribution in [2.24, 2.45) is 0 Å². The minimum Gasteiger partial charge on any atom is -0.378 e. The molecule has 0 atom stereocenters. The SMILES string of the molecule is CN(C)c1ccc(-n2cnnc2-c2c(-c3cc(Cl)ccc3Cl)nc3ccccn23)cc1. The third kappa shape index (κ3) is 3.44. The second-order valence-electron chi connectivity index (χ2n) is 7.30. The lowest BCUT2D eigenvalue weighted by Crippen LogP contribution is -2.08. The van der Waals surface area contributed by atoms with E-state index in [2.05, 4.69) is 27.2 Å². The molecule has 0 aliphatic rings. The molecule has 0 fully saturated rings. The zero-order valence-electron chi connectivity index (χ0n) is 16.9. The van der Waals surface area contributed by atoms with Crippen molar-refractivity contribution in [1.82, 2.24) is 24.1 Å². The smallest absolute Gasteiger partial charge is 0.187 e. The summed E-state index contributed by atoms with van der Waals surface area (Å²) in [4.78, 5) is 6.90. The highest BCUT2D eigenvalue weighted by Gasteiger charge is 2.22. The Balaban J connectivity index is 1.75. The Bertz CT molecular complexity index is 1390. The van der Waals surface area contributed by atoms with Crippen LogP contribution >= 0.6 is 23.2 Å². The van der Waals surface area contributed by atoms with Crippen LogP contribution in [0.25, 0.3) is 34.1 Å². The number of aromatic nitrogens is 5. The van der Waals surface area contributed by atoms with Gasteiger partial charge in [-0.2, -0.15) is 0 Å². The Morgan fingerprint density at radius 3 is 2.52 bits per heavy atom. The van der Waals surface area contributed by atoms with Crippen LogP contribution in [0, 0.1) is 0 Å². The molecule has 154 valence electrons. The molecule has 0 spiro atoms. The van der Waals surface area contributed by atoms with Crippen molar-refractivity contribution >= 4 is 34.5 Å². The number of imidazole rings is 1. The molecule has 5 aromatic rings. The fourth-order valence-corrected chi connectivity index (χ4v) is 3.95. The minimum absolute atomic E-state index is 0.565. The van der Waals surface area contributed by atoms with E-state index < -0.39 is 0 Å². The predicted molar refractivity (Wildman–Crippen MR) is 125 cm³/mol. The molecule has 0 aliphatic heterocycles. The van der Waals surface area contributed by atoms with E-state index in [-0.39, 0.29) is 0 Å². The van der Waals surface area contributed by atoms with Crippen molar-refractivity contribution < 1.29 is 0 Å².